The Labute approximate surface area is 138 Å². The molecule has 0 heterocycles. The predicted molar refractivity (Wildman–Crippen MR) is 95.4 cm³/mol. The van der Waals surface area contributed by atoms with Crippen molar-refractivity contribution in [2.75, 3.05) is 33.9 Å². The van der Waals surface area contributed by atoms with Crippen molar-refractivity contribution >= 4 is 14.3 Å². The summed E-state index contributed by atoms with van der Waals surface area (Å²) in [5, 5.41) is 0.172. The van der Waals surface area contributed by atoms with E-state index < -0.39 is 8.32 Å². The number of hydrogen-bond acceptors (Lipinski definition) is 3. The van der Waals surface area contributed by atoms with Crippen molar-refractivity contribution in [1.82, 2.24) is 0 Å². The lowest BCUT2D eigenvalue weighted by molar-refractivity contribution is -0.902. The van der Waals surface area contributed by atoms with Crippen LogP contribution in [0.2, 0.25) is 18.1 Å². The molecule has 0 radical (unpaired) electrons. The average molecular weight is 331 g/mol. The monoisotopic (exact) mass is 330 g/mol. The van der Waals surface area contributed by atoms with Crippen LogP contribution in [0.1, 0.15) is 34.6 Å². The highest BCUT2D eigenvalue weighted by atomic mass is 28.4. The zero-order valence-electron chi connectivity index (χ0n) is 16.1. The Kier molecular flexibility index (Phi) is 7.52. The maximum Gasteiger partial charge on any atom is 0.361 e. The van der Waals surface area contributed by atoms with Crippen molar-refractivity contribution < 1.29 is 18.4 Å². The molecule has 22 heavy (non-hydrogen) atoms. The molecular weight excluding hydrogens is 294 g/mol. The lowest BCUT2D eigenvalue weighted by atomic mass is 10.1. The maximum atomic E-state index is 11.8. The third-order valence-electron chi connectivity index (χ3n) is 4.66. The van der Waals surface area contributed by atoms with Gasteiger partial charge < -0.3 is 13.6 Å². The Hall–Kier alpha value is -0.653. The van der Waals surface area contributed by atoms with Gasteiger partial charge in [0.2, 0.25) is 0 Å². The summed E-state index contributed by atoms with van der Waals surface area (Å²) in [7, 11) is 2.25. The first-order chi connectivity index (χ1) is 9.74. The fourth-order valence-electron chi connectivity index (χ4n) is 2.09. The number of carbonyl (C=O) groups is 1. The molecule has 5 heteroatoms. The molecule has 0 spiro atoms. The number of hydrogen-bond donors (Lipinski definition) is 0. The first-order valence-corrected chi connectivity index (χ1v) is 10.9. The van der Waals surface area contributed by atoms with Crippen molar-refractivity contribution in [2.45, 2.75) is 58.8 Å². The van der Waals surface area contributed by atoms with E-state index >= 15 is 0 Å². The molecule has 0 saturated heterocycles. The molecule has 130 valence electrons. The molecule has 1 unspecified atom stereocenters. The largest absolute Gasteiger partial charge is 0.462 e. The van der Waals surface area contributed by atoms with Gasteiger partial charge in [0, 0.05) is 0 Å². The van der Waals surface area contributed by atoms with Gasteiger partial charge in [0.1, 0.15) is 6.04 Å². The summed E-state index contributed by atoms with van der Waals surface area (Å²) in [4.78, 5) is 11.8. The molecule has 0 aromatic rings. The van der Waals surface area contributed by atoms with E-state index in [1.807, 2.05) is 27.9 Å². The van der Waals surface area contributed by atoms with E-state index in [0.29, 0.717) is 24.2 Å². The van der Waals surface area contributed by atoms with Gasteiger partial charge in [-0.25, -0.2) is 4.79 Å². The van der Waals surface area contributed by atoms with E-state index in [4.69, 9.17) is 9.16 Å². The van der Waals surface area contributed by atoms with Crippen LogP contribution in [0.15, 0.2) is 12.2 Å². The Morgan fingerprint density at radius 2 is 1.77 bits per heavy atom. The molecule has 0 aliphatic carbocycles. The van der Waals surface area contributed by atoms with E-state index in [2.05, 4.69) is 40.4 Å². The van der Waals surface area contributed by atoms with Crippen molar-refractivity contribution in [3.05, 3.63) is 12.2 Å². The van der Waals surface area contributed by atoms with Gasteiger partial charge in [-0.3, -0.25) is 0 Å². The third kappa shape index (κ3) is 6.22. The van der Waals surface area contributed by atoms with Gasteiger partial charge in [0.25, 0.3) is 0 Å². The maximum absolute atomic E-state index is 11.8. The summed E-state index contributed by atoms with van der Waals surface area (Å²) in [5.41, 5.74) is 1.04. The van der Waals surface area contributed by atoms with Crippen LogP contribution in [0, 0.1) is 0 Å². The van der Waals surface area contributed by atoms with Gasteiger partial charge in [-0.15, -0.1) is 0 Å². The van der Waals surface area contributed by atoms with Gasteiger partial charge in [0.15, 0.2) is 14.9 Å². The van der Waals surface area contributed by atoms with Crippen LogP contribution in [0.4, 0.5) is 0 Å². The SMILES string of the molecule is C=C(C)C(CO[Si](C)(C)C(C)(C)C)[N+](C)(C)CC(=O)OCC. The van der Waals surface area contributed by atoms with Gasteiger partial charge >= 0.3 is 5.97 Å². The number of carbonyl (C=O) groups excluding carboxylic acids is 1. The molecule has 0 amide bonds. The second-order valence-electron chi connectivity index (χ2n) is 8.18. The molecule has 0 aliphatic rings. The lowest BCUT2D eigenvalue weighted by Gasteiger charge is -2.41. The quantitative estimate of drug-likeness (QED) is 0.295. The Morgan fingerprint density at radius 3 is 2.14 bits per heavy atom. The van der Waals surface area contributed by atoms with Crippen molar-refractivity contribution in [3.8, 4) is 0 Å². The Bertz CT molecular complexity index is 397. The first kappa shape index (κ1) is 21.3. The van der Waals surface area contributed by atoms with Gasteiger partial charge in [-0.2, -0.15) is 0 Å². The summed E-state index contributed by atoms with van der Waals surface area (Å²) in [6.07, 6.45) is 0. The zero-order valence-corrected chi connectivity index (χ0v) is 17.1. The standard InChI is InChI=1S/C17H36NO3Si/c1-11-20-16(19)12-18(7,8)15(14(2)3)13-21-22(9,10)17(4,5)6/h15H,2,11-13H2,1,3-10H3/q+1. The van der Waals surface area contributed by atoms with E-state index in [-0.39, 0.29) is 17.0 Å². The number of nitrogens with zero attached hydrogens (tertiary/aromatic N) is 1. The minimum atomic E-state index is -1.81. The number of ether oxygens (including phenoxy) is 1. The number of rotatable bonds is 8. The Balaban J connectivity index is 5.01. The Morgan fingerprint density at radius 1 is 1.27 bits per heavy atom. The summed E-state index contributed by atoms with van der Waals surface area (Å²) >= 11 is 0. The van der Waals surface area contributed by atoms with Crippen LogP contribution in [0.3, 0.4) is 0 Å². The molecule has 0 rings (SSSR count). The normalized spacial score (nSPS) is 14.6. The highest BCUT2D eigenvalue weighted by Gasteiger charge is 2.40. The smallest absolute Gasteiger partial charge is 0.361 e. The number of esters is 1. The molecule has 0 aromatic carbocycles. The summed E-state index contributed by atoms with van der Waals surface area (Å²) in [6, 6.07) is 0.0820. The van der Waals surface area contributed by atoms with E-state index in [1.54, 1.807) is 0 Å². The van der Waals surface area contributed by atoms with Crippen LogP contribution in [-0.2, 0) is 14.0 Å². The minimum absolute atomic E-state index is 0.0820. The molecule has 0 fully saturated rings. The van der Waals surface area contributed by atoms with Crippen LogP contribution >= 0.6 is 0 Å². The molecule has 0 aliphatic heterocycles. The van der Waals surface area contributed by atoms with Crippen LogP contribution in [-0.4, -0.2) is 58.7 Å². The van der Waals surface area contributed by atoms with Gasteiger partial charge in [-0.05, 0) is 37.6 Å². The van der Waals surface area contributed by atoms with E-state index in [9.17, 15) is 4.79 Å². The molecule has 4 nitrogen and oxygen atoms in total. The van der Waals surface area contributed by atoms with Crippen molar-refractivity contribution in [3.63, 3.8) is 0 Å². The summed E-state index contributed by atoms with van der Waals surface area (Å²) in [5.74, 6) is -0.175. The van der Waals surface area contributed by atoms with Gasteiger partial charge in [-0.1, -0.05) is 27.4 Å². The minimum Gasteiger partial charge on any atom is -0.462 e. The number of quaternary nitrogens is 1. The molecular formula is C17H36NO3Si+. The van der Waals surface area contributed by atoms with Crippen LogP contribution < -0.4 is 0 Å². The van der Waals surface area contributed by atoms with Crippen molar-refractivity contribution in [1.29, 1.82) is 0 Å². The molecule has 0 N–H and O–H groups in total. The first-order valence-electron chi connectivity index (χ1n) is 8.02. The lowest BCUT2D eigenvalue weighted by Crippen LogP contribution is -2.56. The number of likely N-dealkylation sites (N-methyl/N-ethyl adjacent to an activating group) is 1. The fourth-order valence-corrected chi connectivity index (χ4v) is 3.10. The molecule has 0 aromatic heterocycles. The van der Waals surface area contributed by atoms with Gasteiger partial charge in [0.05, 0.1) is 27.3 Å². The summed E-state index contributed by atoms with van der Waals surface area (Å²) in [6.45, 7) is 20.5. The van der Waals surface area contributed by atoms with Crippen LogP contribution in [0.25, 0.3) is 0 Å². The predicted octanol–water partition coefficient (Wildman–Crippen LogP) is 3.59. The third-order valence-corrected chi connectivity index (χ3v) is 9.16. The second-order valence-corrected chi connectivity index (χ2v) is 13.0. The molecule has 1 atom stereocenters. The molecule has 0 bridgehead atoms. The van der Waals surface area contributed by atoms with E-state index in [0.717, 1.165) is 5.57 Å². The fraction of sp³-hybridized carbons (Fsp3) is 0.824. The zero-order chi connectivity index (χ0) is 17.8. The topological polar surface area (TPSA) is 35.5 Å². The van der Waals surface area contributed by atoms with Crippen molar-refractivity contribution in [2.24, 2.45) is 0 Å². The molecule has 0 saturated carbocycles. The summed E-state index contributed by atoms with van der Waals surface area (Å²) < 4.78 is 11.9. The highest BCUT2D eigenvalue weighted by Crippen LogP contribution is 2.37. The average Bonchev–Trinajstić information content (AvgIpc) is 2.25. The van der Waals surface area contributed by atoms with Crippen LogP contribution in [0.5, 0.6) is 0 Å². The van der Waals surface area contributed by atoms with E-state index in [1.165, 1.54) is 0 Å². The second kappa shape index (κ2) is 7.75. The highest BCUT2D eigenvalue weighted by molar-refractivity contribution is 6.74.